The standard InChI is InChI=1S/C13H11F3N2O3S/c1-18-10(19)6-9(11(20)21)22-12(18)17-8-4-2-3-7(5-8)13(14,15)16/h2-5,9H,6H2,1H3,(H,20,21)/t9-/m0/s1. The van der Waals surface area contributed by atoms with Crippen molar-refractivity contribution in [3.05, 3.63) is 29.8 Å². The summed E-state index contributed by atoms with van der Waals surface area (Å²) in [5.74, 6) is -1.61. The van der Waals surface area contributed by atoms with E-state index in [0.717, 1.165) is 28.8 Å². The van der Waals surface area contributed by atoms with Gasteiger partial charge in [0.2, 0.25) is 5.91 Å². The number of thioether (sulfide) groups is 1. The summed E-state index contributed by atoms with van der Waals surface area (Å²) in [7, 11) is 1.40. The Labute approximate surface area is 127 Å². The number of hydrogen-bond donors (Lipinski definition) is 1. The number of amidine groups is 1. The lowest BCUT2D eigenvalue weighted by Gasteiger charge is -2.27. The van der Waals surface area contributed by atoms with Gasteiger partial charge < -0.3 is 5.11 Å². The normalized spacial score (nSPS) is 21.3. The molecule has 0 aromatic heterocycles. The molecule has 0 saturated carbocycles. The Morgan fingerprint density at radius 1 is 1.45 bits per heavy atom. The zero-order valence-corrected chi connectivity index (χ0v) is 12.1. The van der Waals surface area contributed by atoms with Crippen LogP contribution in [-0.2, 0) is 15.8 Å². The van der Waals surface area contributed by atoms with Crippen molar-refractivity contribution in [3.63, 3.8) is 0 Å². The van der Waals surface area contributed by atoms with Crippen molar-refractivity contribution in [3.8, 4) is 0 Å². The number of halogens is 3. The van der Waals surface area contributed by atoms with Gasteiger partial charge in [-0.3, -0.25) is 14.5 Å². The second-order valence-corrected chi connectivity index (χ2v) is 5.71. The Morgan fingerprint density at radius 2 is 2.14 bits per heavy atom. The maximum absolute atomic E-state index is 12.7. The number of aliphatic carboxylic acids is 1. The van der Waals surface area contributed by atoms with Gasteiger partial charge >= 0.3 is 12.1 Å². The molecule has 1 saturated heterocycles. The van der Waals surface area contributed by atoms with E-state index in [4.69, 9.17) is 5.11 Å². The summed E-state index contributed by atoms with van der Waals surface area (Å²) in [6, 6.07) is 4.31. The van der Waals surface area contributed by atoms with Crippen LogP contribution in [-0.4, -0.2) is 39.3 Å². The maximum atomic E-state index is 12.7. The summed E-state index contributed by atoms with van der Waals surface area (Å²) in [5, 5.41) is 8.05. The number of aliphatic imine (C=N–C) groups is 1. The van der Waals surface area contributed by atoms with Crippen LogP contribution in [0.25, 0.3) is 0 Å². The first kappa shape index (κ1) is 16.3. The summed E-state index contributed by atoms with van der Waals surface area (Å²) < 4.78 is 38.0. The topological polar surface area (TPSA) is 70.0 Å². The van der Waals surface area contributed by atoms with Gasteiger partial charge in [-0.25, -0.2) is 4.99 Å². The van der Waals surface area contributed by atoms with Crippen LogP contribution in [0.5, 0.6) is 0 Å². The minimum Gasteiger partial charge on any atom is -0.480 e. The molecule has 22 heavy (non-hydrogen) atoms. The van der Waals surface area contributed by atoms with E-state index in [1.165, 1.54) is 19.2 Å². The number of hydrogen-bond acceptors (Lipinski definition) is 4. The van der Waals surface area contributed by atoms with Gasteiger partial charge in [-0.05, 0) is 18.2 Å². The molecule has 1 heterocycles. The lowest BCUT2D eigenvalue weighted by molar-refractivity contribution is -0.139. The van der Waals surface area contributed by atoms with Crippen molar-refractivity contribution >= 4 is 34.5 Å². The van der Waals surface area contributed by atoms with Gasteiger partial charge in [0.25, 0.3) is 0 Å². The molecule has 1 aromatic rings. The Hall–Kier alpha value is -2.03. The molecule has 1 aromatic carbocycles. The molecule has 0 radical (unpaired) electrons. The fourth-order valence-electron chi connectivity index (χ4n) is 1.75. The third-order valence-electron chi connectivity index (χ3n) is 2.94. The number of carboxylic acids is 1. The fourth-order valence-corrected chi connectivity index (χ4v) is 2.75. The highest BCUT2D eigenvalue weighted by Crippen LogP contribution is 2.33. The van der Waals surface area contributed by atoms with Crippen LogP contribution in [0.1, 0.15) is 12.0 Å². The van der Waals surface area contributed by atoms with Crippen molar-refractivity contribution in [2.75, 3.05) is 7.05 Å². The molecule has 1 N–H and O–H groups in total. The molecule has 1 atom stereocenters. The van der Waals surface area contributed by atoms with E-state index in [-0.39, 0.29) is 17.3 Å². The maximum Gasteiger partial charge on any atom is 0.416 e. The monoisotopic (exact) mass is 332 g/mol. The highest BCUT2D eigenvalue weighted by Gasteiger charge is 2.34. The van der Waals surface area contributed by atoms with E-state index in [1.807, 2.05) is 0 Å². The molecule has 1 fully saturated rings. The van der Waals surface area contributed by atoms with Crippen molar-refractivity contribution in [2.24, 2.45) is 4.99 Å². The zero-order chi connectivity index (χ0) is 16.5. The van der Waals surface area contributed by atoms with E-state index in [1.54, 1.807) is 0 Å². The lowest BCUT2D eigenvalue weighted by atomic mass is 10.2. The number of carboxylic acid groups (broad SMARTS) is 1. The zero-order valence-electron chi connectivity index (χ0n) is 11.3. The summed E-state index contributed by atoms with van der Waals surface area (Å²) in [6.45, 7) is 0. The number of benzene rings is 1. The van der Waals surface area contributed by atoms with Crippen LogP contribution >= 0.6 is 11.8 Å². The number of carbonyl (C=O) groups is 2. The van der Waals surface area contributed by atoms with Crippen molar-refractivity contribution in [1.82, 2.24) is 4.90 Å². The van der Waals surface area contributed by atoms with Crippen LogP contribution in [0.4, 0.5) is 18.9 Å². The van der Waals surface area contributed by atoms with E-state index >= 15 is 0 Å². The number of nitrogens with zero attached hydrogens (tertiary/aromatic N) is 2. The van der Waals surface area contributed by atoms with Gasteiger partial charge in [-0.1, -0.05) is 17.8 Å². The second-order valence-electron chi connectivity index (χ2n) is 4.54. The first-order chi connectivity index (χ1) is 10.2. The van der Waals surface area contributed by atoms with Crippen LogP contribution in [0, 0.1) is 0 Å². The molecule has 0 bridgehead atoms. The first-order valence-corrected chi connectivity index (χ1v) is 6.98. The molecule has 0 aliphatic carbocycles. The molecule has 1 aliphatic rings. The van der Waals surface area contributed by atoms with E-state index in [0.29, 0.717) is 0 Å². The number of alkyl halides is 3. The Kier molecular flexibility index (Phi) is 4.45. The average molecular weight is 332 g/mol. The third kappa shape index (κ3) is 3.59. The van der Waals surface area contributed by atoms with Crippen LogP contribution in [0.3, 0.4) is 0 Å². The molecular formula is C13H11F3N2O3S. The SMILES string of the molecule is CN1C(=O)C[C@@H](C(=O)O)SC1=Nc1cccc(C(F)(F)F)c1. The van der Waals surface area contributed by atoms with Crippen molar-refractivity contribution in [2.45, 2.75) is 17.8 Å². The predicted molar refractivity (Wildman–Crippen MR) is 74.9 cm³/mol. The van der Waals surface area contributed by atoms with E-state index in [9.17, 15) is 22.8 Å². The Bertz CT molecular complexity index is 646. The van der Waals surface area contributed by atoms with Gasteiger partial charge in [0.15, 0.2) is 5.17 Å². The summed E-state index contributed by atoms with van der Waals surface area (Å²) in [5.41, 5.74) is -0.859. The quantitative estimate of drug-likeness (QED) is 0.904. The predicted octanol–water partition coefficient (Wildman–Crippen LogP) is 2.74. The first-order valence-electron chi connectivity index (χ1n) is 6.10. The smallest absolute Gasteiger partial charge is 0.416 e. The summed E-state index contributed by atoms with van der Waals surface area (Å²) >= 11 is 0.834. The minimum absolute atomic E-state index is 0.00279. The van der Waals surface area contributed by atoms with Crippen LogP contribution in [0.2, 0.25) is 0 Å². The van der Waals surface area contributed by atoms with Crippen LogP contribution in [0.15, 0.2) is 29.3 Å². The highest BCUT2D eigenvalue weighted by molar-refractivity contribution is 8.15. The van der Waals surface area contributed by atoms with E-state index < -0.39 is 28.9 Å². The van der Waals surface area contributed by atoms with Crippen molar-refractivity contribution in [1.29, 1.82) is 0 Å². The molecular weight excluding hydrogens is 321 g/mol. The number of carbonyl (C=O) groups excluding carboxylic acids is 1. The molecule has 1 aliphatic heterocycles. The molecule has 0 spiro atoms. The van der Waals surface area contributed by atoms with Crippen LogP contribution < -0.4 is 0 Å². The lowest BCUT2D eigenvalue weighted by Crippen LogP contribution is -2.41. The van der Waals surface area contributed by atoms with Gasteiger partial charge in [-0.2, -0.15) is 13.2 Å². The number of rotatable bonds is 2. The Morgan fingerprint density at radius 3 is 2.73 bits per heavy atom. The second kappa shape index (κ2) is 5.99. The molecule has 0 unspecified atom stereocenters. The van der Waals surface area contributed by atoms with Gasteiger partial charge in [0, 0.05) is 7.05 Å². The largest absolute Gasteiger partial charge is 0.480 e. The highest BCUT2D eigenvalue weighted by atomic mass is 32.2. The molecule has 5 nitrogen and oxygen atoms in total. The summed E-state index contributed by atoms with van der Waals surface area (Å²) in [6.07, 6.45) is -4.68. The van der Waals surface area contributed by atoms with Gasteiger partial charge in [0.1, 0.15) is 5.25 Å². The molecule has 9 heteroatoms. The molecule has 118 valence electrons. The fraction of sp³-hybridized carbons (Fsp3) is 0.308. The number of amides is 1. The molecule has 2 rings (SSSR count). The molecule has 1 amide bonds. The van der Waals surface area contributed by atoms with Gasteiger partial charge in [-0.15, -0.1) is 0 Å². The van der Waals surface area contributed by atoms with E-state index in [2.05, 4.69) is 4.99 Å². The average Bonchev–Trinajstić information content (AvgIpc) is 2.43. The van der Waals surface area contributed by atoms with Gasteiger partial charge in [0.05, 0.1) is 17.7 Å². The third-order valence-corrected chi connectivity index (χ3v) is 4.17. The Balaban J connectivity index is 2.34. The minimum atomic E-state index is -4.50. The van der Waals surface area contributed by atoms with Crippen molar-refractivity contribution < 1.29 is 27.9 Å². The summed E-state index contributed by atoms with van der Waals surface area (Å²) in [4.78, 5) is 27.8.